The summed E-state index contributed by atoms with van der Waals surface area (Å²) in [5, 5.41) is 6.88. The molecule has 0 spiro atoms. The molecule has 1 aromatic carbocycles. The lowest BCUT2D eigenvalue weighted by Gasteiger charge is -2.08. The van der Waals surface area contributed by atoms with E-state index in [2.05, 4.69) is 10.4 Å². The Kier molecular flexibility index (Phi) is 4.24. The number of nitrogens with zero attached hydrogens (tertiary/aromatic N) is 2. The number of anilines is 1. The predicted molar refractivity (Wildman–Crippen MR) is 76.7 cm³/mol. The summed E-state index contributed by atoms with van der Waals surface area (Å²) in [6.07, 6.45) is 3.30. The molecule has 20 heavy (non-hydrogen) atoms. The molecule has 3 N–H and O–H groups in total. The summed E-state index contributed by atoms with van der Waals surface area (Å²) in [6, 6.07) is 5.37. The first-order chi connectivity index (χ1) is 9.60. The number of aryl methyl sites for hydroxylation is 1. The van der Waals surface area contributed by atoms with E-state index in [1.54, 1.807) is 36.3 Å². The van der Waals surface area contributed by atoms with Crippen LogP contribution in [0.4, 0.5) is 5.69 Å². The Morgan fingerprint density at radius 1 is 1.50 bits per heavy atom. The maximum atomic E-state index is 12.0. The van der Waals surface area contributed by atoms with Crippen LogP contribution in [-0.2, 0) is 6.54 Å². The van der Waals surface area contributed by atoms with E-state index in [0.29, 0.717) is 30.1 Å². The SMILES string of the molecule is COc1cc(C(=O)NCCn2cc(N)cn2)ccc1C. The van der Waals surface area contributed by atoms with Crippen molar-refractivity contribution in [2.45, 2.75) is 13.5 Å². The lowest BCUT2D eigenvalue weighted by molar-refractivity contribution is 0.0951. The molecule has 0 radical (unpaired) electrons. The molecule has 0 aliphatic carbocycles. The molecule has 6 nitrogen and oxygen atoms in total. The standard InChI is InChI=1S/C14H18N4O2/c1-10-3-4-11(7-13(10)20-2)14(19)16-5-6-18-9-12(15)8-17-18/h3-4,7-9H,5-6,15H2,1-2H3,(H,16,19). The predicted octanol–water partition coefficient (Wildman–Crippen LogP) is 1.21. The van der Waals surface area contributed by atoms with Gasteiger partial charge in [-0.1, -0.05) is 6.07 Å². The van der Waals surface area contributed by atoms with Crippen molar-refractivity contribution < 1.29 is 9.53 Å². The molecular weight excluding hydrogens is 256 g/mol. The van der Waals surface area contributed by atoms with Gasteiger partial charge < -0.3 is 15.8 Å². The van der Waals surface area contributed by atoms with Gasteiger partial charge in [-0.05, 0) is 24.6 Å². The zero-order chi connectivity index (χ0) is 14.5. The van der Waals surface area contributed by atoms with E-state index in [0.717, 1.165) is 5.56 Å². The second-order valence-electron chi connectivity index (χ2n) is 4.48. The molecule has 2 rings (SSSR count). The monoisotopic (exact) mass is 274 g/mol. The number of nitrogen functional groups attached to an aromatic ring is 1. The van der Waals surface area contributed by atoms with Crippen molar-refractivity contribution in [2.75, 3.05) is 19.4 Å². The number of hydrogen-bond donors (Lipinski definition) is 2. The largest absolute Gasteiger partial charge is 0.496 e. The minimum atomic E-state index is -0.136. The number of methoxy groups -OCH3 is 1. The molecule has 6 heteroatoms. The van der Waals surface area contributed by atoms with Gasteiger partial charge in [0.2, 0.25) is 0 Å². The zero-order valence-corrected chi connectivity index (χ0v) is 11.6. The van der Waals surface area contributed by atoms with Crippen LogP contribution in [-0.4, -0.2) is 29.3 Å². The highest BCUT2D eigenvalue weighted by Crippen LogP contribution is 2.18. The van der Waals surface area contributed by atoms with Gasteiger partial charge in [0.25, 0.3) is 5.91 Å². The number of rotatable bonds is 5. The van der Waals surface area contributed by atoms with E-state index >= 15 is 0 Å². The van der Waals surface area contributed by atoms with Gasteiger partial charge in [0.1, 0.15) is 5.75 Å². The highest BCUT2D eigenvalue weighted by atomic mass is 16.5. The van der Waals surface area contributed by atoms with E-state index in [-0.39, 0.29) is 5.91 Å². The maximum absolute atomic E-state index is 12.0. The molecule has 0 saturated heterocycles. The quantitative estimate of drug-likeness (QED) is 0.858. The van der Waals surface area contributed by atoms with Crippen LogP contribution in [0.25, 0.3) is 0 Å². The first-order valence-corrected chi connectivity index (χ1v) is 6.31. The normalized spacial score (nSPS) is 10.3. The molecule has 0 aliphatic rings. The van der Waals surface area contributed by atoms with Crippen molar-refractivity contribution in [1.82, 2.24) is 15.1 Å². The molecule has 0 unspecified atom stereocenters. The molecule has 1 amide bonds. The lowest BCUT2D eigenvalue weighted by atomic mass is 10.1. The Balaban J connectivity index is 1.91. The fraction of sp³-hybridized carbons (Fsp3) is 0.286. The first kappa shape index (κ1) is 13.9. The van der Waals surface area contributed by atoms with E-state index in [4.69, 9.17) is 10.5 Å². The van der Waals surface area contributed by atoms with Crippen LogP contribution in [0.5, 0.6) is 5.75 Å². The third-order valence-electron chi connectivity index (χ3n) is 2.95. The smallest absolute Gasteiger partial charge is 0.251 e. The summed E-state index contributed by atoms with van der Waals surface area (Å²) in [4.78, 5) is 12.0. The second-order valence-corrected chi connectivity index (χ2v) is 4.48. The molecule has 1 aromatic heterocycles. The van der Waals surface area contributed by atoms with Gasteiger partial charge >= 0.3 is 0 Å². The summed E-state index contributed by atoms with van der Waals surface area (Å²) in [5.41, 5.74) is 7.75. The van der Waals surface area contributed by atoms with E-state index in [1.807, 2.05) is 13.0 Å². The Morgan fingerprint density at radius 3 is 2.95 bits per heavy atom. The minimum absolute atomic E-state index is 0.136. The Bertz CT molecular complexity index is 607. The van der Waals surface area contributed by atoms with Gasteiger partial charge in [0.15, 0.2) is 0 Å². The van der Waals surface area contributed by atoms with Crippen molar-refractivity contribution in [1.29, 1.82) is 0 Å². The number of aromatic nitrogens is 2. The Hall–Kier alpha value is -2.50. The third kappa shape index (κ3) is 3.28. The number of hydrogen-bond acceptors (Lipinski definition) is 4. The van der Waals surface area contributed by atoms with Crippen LogP contribution >= 0.6 is 0 Å². The van der Waals surface area contributed by atoms with E-state index in [1.165, 1.54) is 0 Å². The summed E-state index contributed by atoms with van der Waals surface area (Å²) in [7, 11) is 1.59. The number of benzene rings is 1. The molecule has 0 bridgehead atoms. The fourth-order valence-electron chi connectivity index (χ4n) is 1.85. The summed E-state index contributed by atoms with van der Waals surface area (Å²) >= 11 is 0. The van der Waals surface area contributed by atoms with Gasteiger partial charge in [0.05, 0.1) is 25.5 Å². The molecule has 0 aliphatic heterocycles. The summed E-state index contributed by atoms with van der Waals surface area (Å²) in [6.45, 7) is 2.99. The van der Waals surface area contributed by atoms with Crippen LogP contribution in [0, 0.1) is 6.92 Å². The number of nitrogens with two attached hydrogens (primary N) is 1. The van der Waals surface area contributed by atoms with Crippen molar-refractivity contribution in [3.8, 4) is 5.75 Å². The van der Waals surface area contributed by atoms with Gasteiger partial charge in [0, 0.05) is 18.3 Å². The lowest BCUT2D eigenvalue weighted by Crippen LogP contribution is -2.27. The highest BCUT2D eigenvalue weighted by molar-refractivity contribution is 5.94. The molecule has 1 heterocycles. The number of ether oxygens (including phenoxy) is 1. The van der Waals surface area contributed by atoms with E-state index < -0.39 is 0 Å². The average molecular weight is 274 g/mol. The maximum Gasteiger partial charge on any atom is 0.251 e. The van der Waals surface area contributed by atoms with E-state index in [9.17, 15) is 4.79 Å². The van der Waals surface area contributed by atoms with Crippen LogP contribution in [0.15, 0.2) is 30.6 Å². The number of carbonyl (C=O) groups is 1. The first-order valence-electron chi connectivity index (χ1n) is 6.31. The van der Waals surface area contributed by atoms with Gasteiger partial charge in [-0.25, -0.2) is 0 Å². The highest BCUT2D eigenvalue weighted by Gasteiger charge is 2.08. The third-order valence-corrected chi connectivity index (χ3v) is 2.95. The number of amides is 1. The van der Waals surface area contributed by atoms with Crippen molar-refractivity contribution >= 4 is 11.6 Å². The van der Waals surface area contributed by atoms with Crippen molar-refractivity contribution in [3.63, 3.8) is 0 Å². The van der Waals surface area contributed by atoms with Crippen LogP contribution < -0.4 is 15.8 Å². The average Bonchev–Trinajstić information content (AvgIpc) is 2.85. The van der Waals surface area contributed by atoms with Crippen LogP contribution in [0.3, 0.4) is 0 Å². The summed E-state index contributed by atoms with van der Waals surface area (Å²) in [5.74, 6) is 0.570. The second kappa shape index (κ2) is 6.10. The zero-order valence-electron chi connectivity index (χ0n) is 11.6. The summed E-state index contributed by atoms with van der Waals surface area (Å²) < 4.78 is 6.89. The molecule has 106 valence electrons. The molecule has 0 fully saturated rings. The topological polar surface area (TPSA) is 82.2 Å². The van der Waals surface area contributed by atoms with Gasteiger partial charge in [-0.3, -0.25) is 9.48 Å². The van der Waals surface area contributed by atoms with Crippen molar-refractivity contribution in [2.24, 2.45) is 0 Å². The van der Waals surface area contributed by atoms with Crippen LogP contribution in [0.1, 0.15) is 15.9 Å². The fourth-order valence-corrected chi connectivity index (χ4v) is 1.85. The number of nitrogens with one attached hydrogen (secondary N) is 1. The minimum Gasteiger partial charge on any atom is -0.496 e. The van der Waals surface area contributed by atoms with Crippen LogP contribution in [0.2, 0.25) is 0 Å². The van der Waals surface area contributed by atoms with Crippen molar-refractivity contribution in [3.05, 3.63) is 41.7 Å². The molecular formula is C14H18N4O2. The molecule has 0 saturated carbocycles. The number of carbonyl (C=O) groups excluding carboxylic acids is 1. The Labute approximate surface area is 117 Å². The molecule has 2 aromatic rings. The van der Waals surface area contributed by atoms with Gasteiger partial charge in [-0.2, -0.15) is 5.10 Å². The molecule has 0 atom stereocenters. The van der Waals surface area contributed by atoms with Gasteiger partial charge in [-0.15, -0.1) is 0 Å². The Morgan fingerprint density at radius 2 is 2.30 bits per heavy atom.